The van der Waals surface area contributed by atoms with E-state index in [1.54, 1.807) is 6.92 Å². The molecule has 7 heteroatoms. The molecule has 2 heterocycles. The van der Waals surface area contributed by atoms with Crippen molar-refractivity contribution in [3.63, 3.8) is 0 Å². The zero-order valence-corrected chi connectivity index (χ0v) is 11.6. The number of rotatable bonds is 4. The summed E-state index contributed by atoms with van der Waals surface area (Å²) in [5.74, 6) is -0.400. The molecule has 0 saturated carbocycles. The molecule has 20 heavy (non-hydrogen) atoms. The molecule has 2 saturated heterocycles. The maximum atomic E-state index is 9.96. The summed E-state index contributed by atoms with van der Waals surface area (Å²) in [6.07, 6.45) is -2.77. The summed E-state index contributed by atoms with van der Waals surface area (Å²) < 4.78 is 16.7. The van der Waals surface area contributed by atoms with Gasteiger partial charge in [-0.2, -0.15) is 0 Å². The van der Waals surface area contributed by atoms with E-state index >= 15 is 0 Å². The van der Waals surface area contributed by atoms with Crippen molar-refractivity contribution in [2.75, 3.05) is 19.8 Å². The second kappa shape index (κ2) is 7.13. The van der Waals surface area contributed by atoms with E-state index in [9.17, 15) is 10.2 Å². The normalized spacial score (nSPS) is 46.4. The van der Waals surface area contributed by atoms with Gasteiger partial charge >= 0.3 is 0 Å². The first-order valence-electron chi connectivity index (χ1n) is 7.07. The van der Waals surface area contributed by atoms with Crippen LogP contribution >= 0.6 is 0 Å². The van der Waals surface area contributed by atoms with Gasteiger partial charge in [0.15, 0.2) is 6.29 Å². The van der Waals surface area contributed by atoms with E-state index in [1.165, 1.54) is 0 Å². The molecule has 4 N–H and O–H groups in total. The Morgan fingerprint density at radius 2 is 1.90 bits per heavy atom. The van der Waals surface area contributed by atoms with E-state index < -0.39 is 30.5 Å². The highest BCUT2D eigenvalue weighted by Gasteiger charge is 2.43. The van der Waals surface area contributed by atoms with Crippen LogP contribution in [0.15, 0.2) is 0 Å². The van der Waals surface area contributed by atoms with Gasteiger partial charge in [0.2, 0.25) is 0 Å². The van der Waals surface area contributed by atoms with Crippen molar-refractivity contribution in [3.05, 3.63) is 0 Å². The van der Waals surface area contributed by atoms with Gasteiger partial charge in [-0.1, -0.05) is 6.92 Å². The third kappa shape index (κ3) is 3.48. The molecule has 3 unspecified atom stereocenters. The van der Waals surface area contributed by atoms with Crippen LogP contribution in [0.3, 0.4) is 0 Å². The fourth-order valence-corrected chi connectivity index (χ4v) is 2.66. The van der Waals surface area contributed by atoms with Crippen LogP contribution in [-0.4, -0.2) is 77.1 Å². The molecule has 0 spiro atoms. The minimum Gasteiger partial charge on any atom is -0.394 e. The van der Waals surface area contributed by atoms with Gasteiger partial charge in [-0.25, -0.2) is 0 Å². The third-order valence-electron chi connectivity index (χ3n) is 4.04. The molecule has 2 aliphatic heterocycles. The number of hydrogen-bond donors (Lipinski definition) is 4. The average Bonchev–Trinajstić information content (AvgIpc) is 2.48. The Balaban J connectivity index is 1.93. The summed E-state index contributed by atoms with van der Waals surface area (Å²) in [4.78, 5) is 0. The summed E-state index contributed by atoms with van der Waals surface area (Å²) in [5.41, 5.74) is 0. The Kier molecular flexibility index (Phi) is 5.74. The van der Waals surface area contributed by atoms with Crippen LogP contribution in [0.1, 0.15) is 19.8 Å². The Morgan fingerprint density at radius 3 is 2.55 bits per heavy atom. The van der Waals surface area contributed by atoms with E-state index in [0.717, 1.165) is 0 Å². The lowest BCUT2D eigenvalue weighted by molar-refractivity contribution is -0.300. The zero-order chi connectivity index (χ0) is 14.7. The van der Waals surface area contributed by atoms with Gasteiger partial charge in [0.1, 0.15) is 12.2 Å². The first-order chi connectivity index (χ1) is 9.56. The van der Waals surface area contributed by atoms with E-state index in [0.29, 0.717) is 19.4 Å². The first-order valence-corrected chi connectivity index (χ1v) is 7.07. The van der Waals surface area contributed by atoms with Crippen molar-refractivity contribution in [1.29, 1.82) is 0 Å². The van der Waals surface area contributed by atoms with Gasteiger partial charge in [0, 0.05) is 18.9 Å². The smallest absolute Gasteiger partial charge is 0.163 e. The minimum absolute atomic E-state index is 0.0540. The molecule has 7 atom stereocenters. The molecule has 0 aromatic rings. The predicted molar refractivity (Wildman–Crippen MR) is 67.9 cm³/mol. The molecule has 2 fully saturated rings. The van der Waals surface area contributed by atoms with Crippen molar-refractivity contribution in [1.82, 2.24) is 0 Å². The molecule has 0 bridgehead atoms. The highest BCUT2D eigenvalue weighted by Crippen LogP contribution is 2.29. The molecular formula is C13H24O7. The van der Waals surface area contributed by atoms with Crippen molar-refractivity contribution in [3.8, 4) is 0 Å². The second-order valence-electron chi connectivity index (χ2n) is 5.52. The maximum absolute atomic E-state index is 9.96. The van der Waals surface area contributed by atoms with Crippen LogP contribution in [0.25, 0.3) is 0 Å². The third-order valence-corrected chi connectivity index (χ3v) is 4.04. The van der Waals surface area contributed by atoms with Gasteiger partial charge in [-0.3, -0.25) is 0 Å². The lowest BCUT2D eigenvalue weighted by atomic mass is 9.92. The SMILES string of the molecule is CC1[C@H](O[C@@H]2CCOC(CO)C2)OC(CO)[C@@H](O)[C@@H]1O. The highest BCUT2D eigenvalue weighted by molar-refractivity contribution is 4.87. The van der Waals surface area contributed by atoms with Gasteiger partial charge in [0.25, 0.3) is 0 Å². The van der Waals surface area contributed by atoms with Crippen molar-refractivity contribution >= 4 is 0 Å². The molecule has 0 aliphatic carbocycles. The quantitative estimate of drug-likeness (QED) is 0.505. The zero-order valence-electron chi connectivity index (χ0n) is 11.6. The Hall–Kier alpha value is -0.280. The van der Waals surface area contributed by atoms with E-state index in [-0.39, 0.29) is 25.4 Å². The molecule has 0 radical (unpaired) electrons. The summed E-state index contributed by atoms with van der Waals surface area (Å²) in [5, 5.41) is 38.0. The van der Waals surface area contributed by atoms with Crippen LogP contribution in [0, 0.1) is 5.92 Å². The Morgan fingerprint density at radius 1 is 1.15 bits per heavy atom. The van der Waals surface area contributed by atoms with E-state index in [4.69, 9.17) is 24.4 Å². The average molecular weight is 292 g/mol. The largest absolute Gasteiger partial charge is 0.394 e. The van der Waals surface area contributed by atoms with Crippen LogP contribution in [-0.2, 0) is 14.2 Å². The van der Waals surface area contributed by atoms with Gasteiger partial charge < -0.3 is 34.6 Å². The summed E-state index contributed by atoms with van der Waals surface area (Å²) in [6, 6.07) is 0. The van der Waals surface area contributed by atoms with Crippen molar-refractivity contribution < 1.29 is 34.6 Å². The second-order valence-corrected chi connectivity index (χ2v) is 5.52. The number of aliphatic hydroxyl groups excluding tert-OH is 4. The molecule has 0 aromatic carbocycles. The standard InChI is InChI=1S/C13H24O7/c1-7-11(16)12(17)10(6-15)20-13(7)19-8-2-3-18-9(4-8)5-14/h7-17H,2-6H2,1H3/t7?,8-,9?,10?,11-,12-,13-/m1/s1. The van der Waals surface area contributed by atoms with Crippen LogP contribution in [0.2, 0.25) is 0 Å². The lowest BCUT2D eigenvalue weighted by Crippen LogP contribution is -2.56. The van der Waals surface area contributed by atoms with E-state index in [2.05, 4.69) is 0 Å². The van der Waals surface area contributed by atoms with Gasteiger partial charge in [0.05, 0.1) is 31.5 Å². The molecule has 0 aromatic heterocycles. The summed E-state index contributed by atoms with van der Waals surface area (Å²) >= 11 is 0. The number of ether oxygens (including phenoxy) is 3. The van der Waals surface area contributed by atoms with E-state index in [1.807, 2.05) is 0 Å². The van der Waals surface area contributed by atoms with Crippen LogP contribution in [0.4, 0.5) is 0 Å². The molecule has 2 rings (SSSR count). The van der Waals surface area contributed by atoms with Gasteiger partial charge in [-0.15, -0.1) is 0 Å². The molecular weight excluding hydrogens is 268 g/mol. The first kappa shape index (κ1) is 16.1. The van der Waals surface area contributed by atoms with Crippen molar-refractivity contribution in [2.45, 2.75) is 56.6 Å². The molecule has 7 nitrogen and oxygen atoms in total. The number of hydrogen-bond acceptors (Lipinski definition) is 7. The monoisotopic (exact) mass is 292 g/mol. The number of aliphatic hydroxyl groups is 4. The fourth-order valence-electron chi connectivity index (χ4n) is 2.66. The molecule has 0 amide bonds. The Labute approximate surface area is 118 Å². The summed E-state index contributed by atoms with van der Waals surface area (Å²) in [7, 11) is 0. The van der Waals surface area contributed by atoms with Gasteiger partial charge in [-0.05, 0) is 6.42 Å². The maximum Gasteiger partial charge on any atom is 0.163 e. The molecule has 118 valence electrons. The van der Waals surface area contributed by atoms with Crippen molar-refractivity contribution in [2.24, 2.45) is 5.92 Å². The molecule has 2 aliphatic rings. The summed E-state index contributed by atoms with van der Waals surface area (Å²) in [6.45, 7) is 1.81. The fraction of sp³-hybridized carbons (Fsp3) is 1.00. The topological polar surface area (TPSA) is 109 Å². The van der Waals surface area contributed by atoms with Crippen LogP contribution in [0.5, 0.6) is 0 Å². The lowest BCUT2D eigenvalue weighted by Gasteiger charge is -2.42. The Bertz CT molecular complexity index is 298. The predicted octanol–water partition coefficient (Wildman–Crippen LogP) is -1.38. The highest BCUT2D eigenvalue weighted by atomic mass is 16.7. The minimum atomic E-state index is -1.12. The van der Waals surface area contributed by atoms with Crippen LogP contribution < -0.4 is 0 Å².